The van der Waals surface area contributed by atoms with E-state index >= 15 is 0 Å². The molecule has 1 atom stereocenters. The maximum Gasteiger partial charge on any atom is 0.221 e. The van der Waals surface area contributed by atoms with E-state index < -0.39 is 0 Å². The Morgan fingerprint density at radius 2 is 2.05 bits per heavy atom. The molecule has 0 bridgehead atoms. The van der Waals surface area contributed by atoms with E-state index in [1.807, 2.05) is 7.05 Å². The van der Waals surface area contributed by atoms with Crippen molar-refractivity contribution in [3.63, 3.8) is 0 Å². The van der Waals surface area contributed by atoms with Crippen LogP contribution in [0.3, 0.4) is 0 Å². The summed E-state index contributed by atoms with van der Waals surface area (Å²) in [5, 5.41) is 6.03. The molecule has 1 rings (SSSR count). The van der Waals surface area contributed by atoms with Crippen molar-refractivity contribution < 1.29 is 4.79 Å². The Balaban J connectivity index is 0. The molecule has 2 N–H and O–H groups in total. The summed E-state index contributed by atoms with van der Waals surface area (Å²) < 4.78 is 0. The normalized spacial score (nSPS) is 19.5. The van der Waals surface area contributed by atoms with Crippen LogP contribution < -0.4 is 10.6 Å². The molecular weight excluding hydrogens is 285 g/mol. The monoisotopic (exact) mass is 313 g/mol. The molecule has 1 fully saturated rings. The number of halogens is 2. The molecule has 0 spiro atoms. The van der Waals surface area contributed by atoms with Gasteiger partial charge in [-0.1, -0.05) is 0 Å². The predicted octanol–water partition coefficient (Wildman–Crippen LogP) is 1.68. The Morgan fingerprint density at radius 1 is 1.37 bits per heavy atom. The number of hydrogen-bond acceptors (Lipinski definition) is 3. The van der Waals surface area contributed by atoms with Crippen molar-refractivity contribution >= 4 is 30.7 Å². The highest BCUT2D eigenvalue weighted by Gasteiger charge is 2.21. The van der Waals surface area contributed by atoms with Gasteiger partial charge in [-0.3, -0.25) is 4.79 Å². The quantitative estimate of drug-likeness (QED) is 0.784. The van der Waals surface area contributed by atoms with Crippen LogP contribution in [0.25, 0.3) is 0 Å². The average Bonchev–Trinajstić information content (AvgIpc) is 2.34. The van der Waals surface area contributed by atoms with Crippen molar-refractivity contribution in [1.29, 1.82) is 0 Å². The van der Waals surface area contributed by atoms with Crippen molar-refractivity contribution in [1.82, 2.24) is 15.5 Å². The van der Waals surface area contributed by atoms with Crippen LogP contribution in [0.15, 0.2) is 0 Å². The van der Waals surface area contributed by atoms with Crippen molar-refractivity contribution in [2.75, 3.05) is 33.2 Å². The number of nitrogens with zero attached hydrogens (tertiary/aromatic N) is 1. The lowest BCUT2D eigenvalue weighted by Crippen LogP contribution is -2.43. The lowest BCUT2D eigenvalue weighted by Gasteiger charge is -2.35. The highest BCUT2D eigenvalue weighted by Crippen LogP contribution is 2.17. The molecule has 6 heteroatoms. The first-order chi connectivity index (χ1) is 8.13. The van der Waals surface area contributed by atoms with Gasteiger partial charge in [0.1, 0.15) is 0 Å². The smallest absolute Gasteiger partial charge is 0.221 e. The van der Waals surface area contributed by atoms with E-state index in [0.717, 1.165) is 19.6 Å². The van der Waals surface area contributed by atoms with Crippen LogP contribution >= 0.6 is 24.8 Å². The first kappa shape index (κ1) is 21.3. The molecule has 1 amide bonds. The van der Waals surface area contributed by atoms with Crippen LogP contribution in [-0.2, 0) is 4.79 Å². The second kappa shape index (κ2) is 11.8. The second-order valence-electron chi connectivity index (χ2n) is 5.25. The fourth-order valence-corrected chi connectivity index (χ4v) is 2.32. The second-order valence-corrected chi connectivity index (χ2v) is 5.25. The molecule has 116 valence electrons. The third kappa shape index (κ3) is 8.69. The number of nitrogens with one attached hydrogen (secondary N) is 2. The maximum absolute atomic E-state index is 11.5. The fraction of sp³-hybridized carbons (Fsp3) is 0.923. The Morgan fingerprint density at radius 3 is 2.63 bits per heavy atom. The fourth-order valence-electron chi connectivity index (χ4n) is 2.32. The summed E-state index contributed by atoms with van der Waals surface area (Å²) in [6, 6.07) is 0.623. The molecule has 1 aliphatic rings. The Kier molecular flexibility index (Phi) is 13.2. The first-order valence-corrected chi connectivity index (χ1v) is 6.78. The summed E-state index contributed by atoms with van der Waals surface area (Å²) in [6.07, 6.45) is 3.09. The summed E-state index contributed by atoms with van der Waals surface area (Å²) in [4.78, 5) is 14.0. The number of likely N-dealkylation sites (tertiary alicyclic amines) is 1. The van der Waals surface area contributed by atoms with Crippen LogP contribution in [0.1, 0.15) is 33.1 Å². The molecule has 0 radical (unpaired) electrons. The Labute approximate surface area is 129 Å². The van der Waals surface area contributed by atoms with Crippen molar-refractivity contribution in [3.05, 3.63) is 0 Å². The van der Waals surface area contributed by atoms with Crippen LogP contribution in [-0.4, -0.2) is 50.1 Å². The largest absolute Gasteiger partial charge is 0.356 e. The van der Waals surface area contributed by atoms with Gasteiger partial charge in [0.15, 0.2) is 0 Å². The van der Waals surface area contributed by atoms with Gasteiger partial charge in [0.25, 0.3) is 0 Å². The van der Waals surface area contributed by atoms with E-state index in [1.165, 1.54) is 19.4 Å². The van der Waals surface area contributed by atoms with E-state index in [0.29, 0.717) is 18.4 Å². The van der Waals surface area contributed by atoms with E-state index in [4.69, 9.17) is 0 Å². The van der Waals surface area contributed by atoms with Gasteiger partial charge in [0.05, 0.1) is 0 Å². The standard InChI is InChI=1S/C13H27N3O.2ClH/c1-11(2)16-8-4-5-12(10-16)9-15-13(17)6-7-14-3;;/h11-12,14H,4-10H2,1-3H3,(H,15,17);2*1H. The van der Waals surface area contributed by atoms with Crippen LogP contribution in [0.4, 0.5) is 0 Å². The minimum atomic E-state index is 0. The summed E-state index contributed by atoms with van der Waals surface area (Å²) >= 11 is 0. The van der Waals surface area contributed by atoms with Gasteiger partial charge < -0.3 is 15.5 Å². The molecule has 4 nitrogen and oxygen atoms in total. The number of hydrogen-bond donors (Lipinski definition) is 2. The van der Waals surface area contributed by atoms with E-state index in [2.05, 4.69) is 29.4 Å². The SMILES string of the molecule is CNCCC(=O)NCC1CCCN(C(C)C)C1.Cl.Cl. The molecule has 0 aromatic rings. The summed E-state index contributed by atoms with van der Waals surface area (Å²) in [5.41, 5.74) is 0. The minimum Gasteiger partial charge on any atom is -0.356 e. The topological polar surface area (TPSA) is 44.4 Å². The van der Waals surface area contributed by atoms with Gasteiger partial charge in [0.2, 0.25) is 5.91 Å². The van der Waals surface area contributed by atoms with Gasteiger partial charge in [0, 0.05) is 32.1 Å². The van der Waals surface area contributed by atoms with E-state index in [9.17, 15) is 4.79 Å². The van der Waals surface area contributed by atoms with Gasteiger partial charge in [-0.05, 0) is 46.2 Å². The first-order valence-electron chi connectivity index (χ1n) is 6.78. The average molecular weight is 314 g/mol. The van der Waals surface area contributed by atoms with Crippen LogP contribution in [0.5, 0.6) is 0 Å². The molecule has 1 unspecified atom stereocenters. The number of piperidine rings is 1. The van der Waals surface area contributed by atoms with E-state index in [-0.39, 0.29) is 30.7 Å². The molecule has 1 aliphatic heterocycles. The molecule has 1 heterocycles. The highest BCUT2D eigenvalue weighted by molar-refractivity contribution is 5.85. The Hall–Kier alpha value is -0.0300. The van der Waals surface area contributed by atoms with Crippen LogP contribution in [0, 0.1) is 5.92 Å². The van der Waals surface area contributed by atoms with Gasteiger partial charge in [-0.2, -0.15) is 0 Å². The third-order valence-corrected chi connectivity index (χ3v) is 3.47. The maximum atomic E-state index is 11.5. The number of amides is 1. The molecule has 0 aromatic heterocycles. The number of carbonyl (C=O) groups is 1. The van der Waals surface area contributed by atoms with Crippen molar-refractivity contribution in [2.45, 2.75) is 39.2 Å². The lowest BCUT2D eigenvalue weighted by molar-refractivity contribution is -0.121. The third-order valence-electron chi connectivity index (χ3n) is 3.47. The Bertz CT molecular complexity index is 240. The highest BCUT2D eigenvalue weighted by atomic mass is 35.5. The lowest BCUT2D eigenvalue weighted by atomic mass is 9.97. The van der Waals surface area contributed by atoms with Crippen molar-refractivity contribution in [2.24, 2.45) is 5.92 Å². The number of rotatable bonds is 6. The predicted molar refractivity (Wildman–Crippen MR) is 85.5 cm³/mol. The molecule has 0 aliphatic carbocycles. The zero-order valence-corrected chi connectivity index (χ0v) is 13.9. The molecule has 19 heavy (non-hydrogen) atoms. The molecular formula is C13H29Cl2N3O. The van der Waals surface area contributed by atoms with Gasteiger partial charge >= 0.3 is 0 Å². The van der Waals surface area contributed by atoms with Gasteiger partial charge in [-0.25, -0.2) is 0 Å². The molecule has 0 aromatic carbocycles. The summed E-state index contributed by atoms with van der Waals surface area (Å²) in [7, 11) is 1.87. The van der Waals surface area contributed by atoms with Crippen LogP contribution in [0.2, 0.25) is 0 Å². The van der Waals surface area contributed by atoms with E-state index in [1.54, 1.807) is 0 Å². The van der Waals surface area contributed by atoms with Gasteiger partial charge in [-0.15, -0.1) is 24.8 Å². The molecule has 1 saturated heterocycles. The zero-order chi connectivity index (χ0) is 12.7. The minimum absolute atomic E-state index is 0. The zero-order valence-electron chi connectivity index (χ0n) is 12.3. The number of carbonyl (C=O) groups excluding carboxylic acids is 1. The summed E-state index contributed by atoms with van der Waals surface area (Å²) in [5.74, 6) is 0.797. The molecule has 0 saturated carbocycles. The summed E-state index contributed by atoms with van der Waals surface area (Å²) in [6.45, 7) is 8.42. The van der Waals surface area contributed by atoms with Crippen molar-refractivity contribution in [3.8, 4) is 0 Å².